The predicted octanol–water partition coefficient (Wildman–Crippen LogP) is 2.05. The van der Waals surface area contributed by atoms with Crippen LogP contribution in [0.4, 0.5) is 0 Å². The summed E-state index contributed by atoms with van der Waals surface area (Å²) in [6.45, 7) is 1.83. The van der Waals surface area contributed by atoms with Crippen LogP contribution in [-0.4, -0.2) is 42.7 Å². The van der Waals surface area contributed by atoms with Crippen LogP contribution in [0.2, 0.25) is 5.02 Å². The molecule has 1 unspecified atom stereocenters. The smallest absolute Gasteiger partial charge is 0.258 e. The zero-order valence-corrected chi connectivity index (χ0v) is 15.2. The van der Waals surface area contributed by atoms with E-state index in [4.69, 9.17) is 21.1 Å². The largest absolute Gasteiger partial charge is 0.484 e. The third kappa shape index (κ3) is 4.07. The van der Waals surface area contributed by atoms with E-state index >= 15 is 0 Å². The molecule has 2 amide bonds. The number of rotatable bonds is 8. The van der Waals surface area contributed by atoms with Gasteiger partial charge in [0.05, 0.1) is 12.5 Å². The highest BCUT2D eigenvalue weighted by atomic mass is 35.5. The molecule has 1 aromatic carbocycles. The van der Waals surface area contributed by atoms with Gasteiger partial charge in [0.15, 0.2) is 6.61 Å². The van der Waals surface area contributed by atoms with Crippen molar-refractivity contribution in [2.45, 2.75) is 49.8 Å². The van der Waals surface area contributed by atoms with E-state index in [1.807, 2.05) is 6.92 Å². The fourth-order valence-electron chi connectivity index (χ4n) is 3.76. The van der Waals surface area contributed by atoms with Crippen LogP contribution in [0, 0.1) is 0 Å². The Morgan fingerprint density at radius 2 is 1.68 bits per heavy atom. The molecule has 0 radical (unpaired) electrons. The number of ether oxygens (including phenoxy) is 2. The maximum Gasteiger partial charge on any atom is 0.258 e. The zero-order valence-electron chi connectivity index (χ0n) is 14.4. The van der Waals surface area contributed by atoms with E-state index in [2.05, 4.69) is 10.6 Å². The van der Waals surface area contributed by atoms with Crippen molar-refractivity contribution in [3.05, 3.63) is 29.3 Å². The van der Waals surface area contributed by atoms with Gasteiger partial charge in [-0.25, -0.2) is 0 Å². The van der Waals surface area contributed by atoms with Gasteiger partial charge in [0.2, 0.25) is 5.91 Å². The van der Waals surface area contributed by atoms with Crippen molar-refractivity contribution in [3.8, 4) is 5.75 Å². The third-order valence-corrected chi connectivity index (χ3v) is 5.15. The van der Waals surface area contributed by atoms with E-state index in [1.165, 1.54) is 0 Å². The molecule has 25 heavy (non-hydrogen) atoms. The average molecular weight is 367 g/mol. The summed E-state index contributed by atoms with van der Waals surface area (Å²) >= 11 is 5.81. The standard InChI is InChI=1S/C18H23ClN2O4/c1-12(24-2)7-15(22)20-17-9-18(10-17,11-17)21-16(23)8-25-14-5-3-13(19)4-6-14/h3-6,12H,7-11H2,1-2H3,(H,20,22)(H,21,23). The van der Waals surface area contributed by atoms with Gasteiger partial charge >= 0.3 is 0 Å². The van der Waals surface area contributed by atoms with Gasteiger partial charge in [-0.15, -0.1) is 0 Å². The molecule has 7 heteroatoms. The summed E-state index contributed by atoms with van der Waals surface area (Å²) in [5, 5.41) is 6.72. The minimum absolute atomic E-state index is 0.0000447. The van der Waals surface area contributed by atoms with Crippen LogP contribution in [-0.2, 0) is 14.3 Å². The normalized spacial score (nSPS) is 27.5. The molecule has 136 valence electrons. The molecule has 0 saturated heterocycles. The molecule has 0 aliphatic heterocycles. The maximum atomic E-state index is 12.1. The van der Waals surface area contributed by atoms with Crippen LogP contribution in [0.3, 0.4) is 0 Å². The van der Waals surface area contributed by atoms with Gasteiger partial charge in [-0.2, -0.15) is 0 Å². The monoisotopic (exact) mass is 366 g/mol. The lowest BCUT2D eigenvalue weighted by atomic mass is 9.44. The summed E-state index contributed by atoms with van der Waals surface area (Å²) in [5.74, 6) is 0.454. The summed E-state index contributed by atoms with van der Waals surface area (Å²) < 4.78 is 10.5. The number of amides is 2. The molecule has 6 nitrogen and oxygen atoms in total. The van der Waals surface area contributed by atoms with Crippen LogP contribution in [0.15, 0.2) is 24.3 Å². The van der Waals surface area contributed by atoms with Gasteiger partial charge in [0.1, 0.15) is 5.75 Å². The molecule has 1 atom stereocenters. The highest BCUT2D eigenvalue weighted by Crippen LogP contribution is 2.60. The Hall–Kier alpha value is -1.79. The van der Waals surface area contributed by atoms with Gasteiger partial charge in [-0.05, 0) is 50.5 Å². The number of methoxy groups -OCH3 is 1. The highest BCUT2D eigenvalue weighted by Gasteiger charge is 2.69. The second-order valence-electron chi connectivity index (χ2n) is 7.18. The maximum absolute atomic E-state index is 12.1. The lowest BCUT2D eigenvalue weighted by molar-refractivity contribution is -0.151. The first kappa shape index (κ1) is 18.0. The fourth-order valence-corrected chi connectivity index (χ4v) is 3.88. The first-order valence-electron chi connectivity index (χ1n) is 8.37. The number of carbonyl (C=O) groups excluding carboxylic acids is 2. The molecule has 3 saturated carbocycles. The summed E-state index contributed by atoms with van der Waals surface area (Å²) in [4.78, 5) is 24.0. The first-order valence-corrected chi connectivity index (χ1v) is 8.75. The van der Waals surface area contributed by atoms with E-state index < -0.39 is 0 Å². The van der Waals surface area contributed by atoms with Crippen LogP contribution in [0.25, 0.3) is 0 Å². The lowest BCUT2D eigenvalue weighted by Crippen LogP contribution is -2.84. The SMILES string of the molecule is COC(C)CC(=O)NC12CC(NC(=O)COc3ccc(Cl)cc3)(C1)C2. The Labute approximate surface area is 152 Å². The van der Waals surface area contributed by atoms with E-state index in [0.29, 0.717) is 17.2 Å². The molecule has 0 aromatic heterocycles. The van der Waals surface area contributed by atoms with Gasteiger partial charge in [0, 0.05) is 23.2 Å². The molecular weight excluding hydrogens is 344 g/mol. The number of hydrogen-bond donors (Lipinski definition) is 2. The Balaban J connectivity index is 1.38. The summed E-state index contributed by atoms with van der Waals surface area (Å²) in [5.41, 5.74) is -0.324. The third-order valence-electron chi connectivity index (χ3n) is 4.90. The molecule has 3 aliphatic carbocycles. The second kappa shape index (κ2) is 6.84. The minimum Gasteiger partial charge on any atom is -0.484 e. The van der Waals surface area contributed by atoms with Crippen molar-refractivity contribution < 1.29 is 19.1 Å². The van der Waals surface area contributed by atoms with E-state index in [9.17, 15) is 9.59 Å². The number of nitrogens with one attached hydrogen (secondary N) is 2. The summed E-state index contributed by atoms with van der Waals surface area (Å²) in [6.07, 6.45) is 2.59. The van der Waals surface area contributed by atoms with E-state index in [0.717, 1.165) is 19.3 Å². The van der Waals surface area contributed by atoms with Crippen LogP contribution in [0.1, 0.15) is 32.6 Å². The van der Waals surface area contributed by atoms with Crippen molar-refractivity contribution in [2.75, 3.05) is 13.7 Å². The van der Waals surface area contributed by atoms with Crippen LogP contribution in [0.5, 0.6) is 5.75 Å². The Kier molecular flexibility index (Phi) is 4.93. The number of benzene rings is 1. The van der Waals surface area contributed by atoms with Crippen molar-refractivity contribution in [2.24, 2.45) is 0 Å². The topological polar surface area (TPSA) is 76.7 Å². The number of hydrogen-bond acceptors (Lipinski definition) is 4. The van der Waals surface area contributed by atoms with Crippen molar-refractivity contribution in [1.82, 2.24) is 10.6 Å². The first-order chi connectivity index (χ1) is 11.8. The lowest BCUT2D eigenvalue weighted by Gasteiger charge is -2.70. The van der Waals surface area contributed by atoms with Gasteiger partial charge < -0.3 is 20.1 Å². The summed E-state index contributed by atoms with van der Waals surface area (Å²) in [7, 11) is 1.59. The number of halogens is 1. The molecule has 0 spiro atoms. The fraction of sp³-hybridized carbons (Fsp3) is 0.556. The Bertz CT molecular complexity index is 642. The molecule has 0 heterocycles. The second-order valence-corrected chi connectivity index (χ2v) is 7.62. The van der Waals surface area contributed by atoms with Crippen molar-refractivity contribution in [1.29, 1.82) is 0 Å². The predicted molar refractivity (Wildman–Crippen MR) is 93.6 cm³/mol. The average Bonchev–Trinajstić information content (AvgIpc) is 2.51. The highest BCUT2D eigenvalue weighted by molar-refractivity contribution is 6.30. The minimum atomic E-state index is -0.180. The molecule has 1 aromatic rings. The molecule has 2 N–H and O–H groups in total. The van der Waals surface area contributed by atoms with E-state index in [1.54, 1.807) is 31.4 Å². The molecule has 3 fully saturated rings. The quantitative estimate of drug-likeness (QED) is 0.738. The Morgan fingerprint density at radius 1 is 1.12 bits per heavy atom. The molecule has 3 aliphatic rings. The van der Waals surface area contributed by atoms with E-state index in [-0.39, 0.29) is 35.6 Å². The molecule has 2 bridgehead atoms. The van der Waals surface area contributed by atoms with Crippen LogP contribution >= 0.6 is 11.6 Å². The summed E-state index contributed by atoms with van der Waals surface area (Å²) in [6, 6.07) is 6.88. The van der Waals surface area contributed by atoms with Crippen molar-refractivity contribution in [3.63, 3.8) is 0 Å². The van der Waals surface area contributed by atoms with Gasteiger partial charge in [0.25, 0.3) is 5.91 Å². The Morgan fingerprint density at radius 3 is 2.24 bits per heavy atom. The van der Waals surface area contributed by atoms with Crippen LogP contribution < -0.4 is 15.4 Å². The van der Waals surface area contributed by atoms with Gasteiger partial charge in [-0.1, -0.05) is 11.6 Å². The van der Waals surface area contributed by atoms with Crippen molar-refractivity contribution >= 4 is 23.4 Å². The van der Waals surface area contributed by atoms with Gasteiger partial charge in [-0.3, -0.25) is 9.59 Å². The number of carbonyl (C=O) groups is 2. The molecular formula is C18H23ClN2O4. The molecule has 4 rings (SSSR count). The zero-order chi connectivity index (χ0) is 18.1.